The Kier molecular flexibility index (Phi) is 2.72. The molecule has 94 valence electrons. The van der Waals surface area contributed by atoms with E-state index in [4.69, 9.17) is 11.6 Å². The third kappa shape index (κ3) is 2.06. The van der Waals surface area contributed by atoms with Crippen molar-refractivity contribution < 1.29 is 9.90 Å². The van der Waals surface area contributed by atoms with E-state index in [1.54, 1.807) is 42.5 Å². The van der Waals surface area contributed by atoms with E-state index >= 15 is 0 Å². The quantitative estimate of drug-likeness (QED) is 0.749. The summed E-state index contributed by atoms with van der Waals surface area (Å²) in [5.74, 6) is -0.454. The van der Waals surface area contributed by atoms with Crippen LogP contribution in [0.25, 0.3) is 22.4 Å². The molecule has 19 heavy (non-hydrogen) atoms. The summed E-state index contributed by atoms with van der Waals surface area (Å²) < 4.78 is 0. The van der Waals surface area contributed by atoms with Gasteiger partial charge < -0.3 is 10.1 Å². The summed E-state index contributed by atoms with van der Waals surface area (Å²) in [6, 6.07) is 12.0. The molecule has 4 nitrogen and oxygen atoms in total. The second-order valence-corrected chi connectivity index (χ2v) is 4.53. The van der Waals surface area contributed by atoms with Gasteiger partial charge in [-0.15, -0.1) is 0 Å². The highest BCUT2D eigenvalue weighted by atomic mass is 35.5. The zero-order chi connectivity index (χ0) is 13.4. The van der Waals surface area contributed by atoms with Gasteiger partial charge in [0.05, 0.1) is 16.6 Å². The Labute approximate surface area is 113 Å². The van der Waals surface area contributed by atoms with Crippen LogP contribution in [0.1, 0.15) is 10.4 Å². The lowest BCUT2D eigenvalue weighted by atomic mass is 10.1. The number of nitrogens with zero attached hydrogens (tertiary/aromatic N) is 1. The minimum atomic E-state index is -0.978. The molecule has 0 amide bonds. The first kappa shape index (κ1) is 11.7. The highest BCUT2D eigenvalue weighted by Gasteiger charge is 2.14. The first-order chi connectivity index (χ1) is 9.15. The van der Waals surface area contributed by atoms with Crippen molar-refractivity contribution in [2.24, 2.45) is 0 Å². The number of aromatic carboxylic acids is 1. The van der Waals surface area contributed by atoms with Crippen LogP contribution in [-0.4, -0.2) is 21.0 Å². The summed E-state index contributed by atoms with van der Waals surface area (Å²) in [5, 5.41) is 9.79. The van der Waals surface area contributed by atoms with Gasteiger partial charge in [-0.2, -0.15) is 0 Å². The molecule has 0 atom stereocenters. The number of H-pyrrole nitrogens is 1. The maximum atomic E-state index is 11.2. The smallest absolute Gasteiger partial charge is 0.336 e. The molecular formula is C14H9ClN2O2. The molecule has 3 rings (SSSR count). The Morgan fingerprint density at radius 3 is 2.79 bits per heavy atom. The number of carboxylic acids is 1. The summed E-state index contributed by atoms with van der Waals surface area (Å²) in [7, 11) is 0. The van der Waals surface area contributed by atoms with Gasteiger partial charge in [0, 0.05) is 10.6 Å². The molecule has 0 aliphatic carbocycles. The number of imidazole rings is 1. The van der Waals surface area contributed by atoms with Crippen LogP contribution in [0.15, 0.2) is 42.5 Å². The predicted molar refractivity (Wildman–Crippen MR) is 73.5 cm³/mol. The standard InChI is InChI=1S/C14H9ClN2O2/c15-8-5-6-11-12(7-8)17-13(16-11)9-3-1-2-4-10(9)14(18)19/h1-7H,(H,16,17)(H,18,19). The van der Waals surface area contributed by atoms with Crippen LogP contribution in [0.3, 0.4) is 0 Å². The molecule has 1 heterocycles. The summed E-state index contributed by atoms with van der Waals surface area (Å²) in [6.07, 6.45) is 0. The zero-order valence-electron chi connectivity index (χ0n) is 9.72. The Hall–Kier alpha value is -2.33. The summed E-state index contributed by atoms with van der Waals surface area (Å²) in [6.45, 7) is 0. The molecule has 0 aliphatic heterocycles. The fourth-order valence-electron chi connectivity index (χ4n) is 1.99. The molecule has 0 aliphatic rings. The fraction of sp³-hybridized carbons (Fsp3) is 0. The number of hydrogen-bond acceptors (Lipinski definition) is 2. The van der Waals surface area contributed by atoms with Gasteiger partial charge in [-0.05, 0) is 24.3 Å². The van der Waals surface area contributed by atoms with Gasteiger partial charge in [-0.25, -0.2) is 9.78 Å². The number of fused-ring (bicyclic) bond motifs is 1. The molecule has 0 bridgehead atoms. The minimum absolute atomic E-state index is 0.215. The normalized spacial score (nSPS) is 10.8. The third-order valence-corrected chi connectivity index (χ3v) is 3.09. The second-order valence-electron chi connectivity index (χ2n) is 4.10. The number of benzene rings is 2. The van der Waals surface area contributed by atoms with Gasteiger partial charge >= 0.3 is 5.97 Å². The number of aromatic amines is 1. The molecule has 0 unspecified atom stereocenters. The van der Waals surface area contributed by atoms with Crippen molar-refractivity contribution in [3.05, 3.63) is 53.1 Å². The third-order valence-electron chi connectivity index (χ3n) is 2.86. The zero-order valence-corrected chi connectivity index (χ0v) is 10.5. The van der Waals surface area contributed by atoms with Gasteiger partial charge in [-0.3, -0.25) is 0 Å². The number of nitrogens with one attached hydrogen (secondary N) is 1. The number of aromatic nitrogens is 2. The lowest BCUT2D eigenvalue weighted by Crippen LogP contribution is -1.99. The first-order valence-corrected chi connectivity index (χ1v) is 6.01. The van der Waals surface area contributed by atoms with Crippen LogP contribution in [-0.2, 0) is 0 Å². The fourth-order valence-corrected chi connectivity index (χ4v) is 2.16. The molecule has 5 heteroatoms. The maximum Gasteiger partial charge on any atom is 0.336 e. The lowest BCUT2D eigenvalue weighted by Gasteiger charge is -2.01. The largest absolute Gasteiger partial charge is 0.478 e. The van der Waals surface area contributed by atoms with Gasteiger partial charge in [0.1, 0.15) is 5.82 Å². The van der Waals surface area contributed by atoms with E-state index in [0.717, 1.165) is 11.0 Å². The Balaban J connectivity index is 2.22. The number of carbonyl (C=O) groups is 1. The van der Waals surface area contributed by atoms with Crippen molar-refractivity contribution >= 4 is 28.6 Å². The lowest BCUT2D eigenvalue weighted by molar-refractivity contribution is 0.0697. The van der Waals surface area contributed by atoms with E-state index in [-0.39, 0.29) is 5.56 Å². The average molecular weight is 273 g/mol. The number of carboxylic acid groups (broad SMARTS) is 1. The summed E-state index contributed by atoms with van der Waals surface area (Å²) in [4.78, 5) is 18.7. The monoisotopic (exact) mass is 272 g/mol. The molecular weight excluding hydrogens is 264 g/mol. The van der Waals surface area contributed by atoms with Crippen LogP contribution < -0.4 is 0 Å². The Bertz CT molecular complexity index is 780. The topological polar surface area (TPSA) is 66.0 Å². The second kappa shape index (κ2) is 4.40. The van der Waals surface area contributed by atoms with E-state index in [1.807, 2.05) is 0 Å². The molecule has 0 fully saturated rings. The molecule has 0 saturated heterocycles. The first-order valence-electron chi connectivity index (χ1n) is 5.63. The van der Waals surface area contributed by atoms with Crippen molar-refractivity contribution in [2.75, 3.05) is 0 Å². The number of rotatable bonds is 2. The van der Waals surface area contributed by atoms with Crippen molar-refractivity contribution in [1.29, 1.82) is 0 Å². The van der Waals surface area contributed by atoms with Crippen molar-refractivity contribution in [3.8, 4) is 11.4 Å². The SMILES string of the molecule is O=C(O)c1ccccc1-c1nc2ccc(Cl)cc2[nH]1. The summed E-state index contributed by atoms with van der Waals surface area (Å²) >= 11 is 5.91. The van der Waals surface area contributed by atoms with E-state index in [0.29, 0.717) is 16.4 Å². The van der Waals surface area contributed by atoms with Crippen molar-refractivity contribution in [1.82, 2.24) is 9.97 Å². The van der Waals surface area contributed by atoms with E-state index in [2.05, 4.69) is 9.97 Å². The highest BCUT2D eigenvalue weighted by Crippen LogP contribution is 2.25. The molecule has 2 N–H and O–H groups in total. The molecule has 3 aromatic rings. The van der Waals surface area contributed by atoms with Gasteiger partial charge in [0.15, 0.2) is 0 Å². The van der Waals surface area contributed by atoms with Crippen LogP contribution in [0, 0.1) is 0 Å². The van der Waals surface area contributed by atoms with Crippen LogP contribution >= 0.6 is 11.6 Å². The number of hydrogen-bond donors (Lipinski definition) is 2. The highest BCUT2D eigenvalue weighted by molar-refractivity contribution is 6.31. The van der Waals surface area contributed by atoms with E-state index in [9.17, 15) is 9.90 Å². The van der Waals surface area contributed by atoms with Gasteiger partial charge in [-0.1, -0.05) is 29.8 Å². The molecule has 0 spiro atoms. The van der Waals surface area contributed by atoms with Gasteiger partial charge in [0.2, 0.25) is 0 Å². The maximum absolute atomic E-state index is 11.2. The van der Waals surface area contributed by atoms with Crippen LogP contribution in [0.5, 0.6) is 0 Å². The number of halogens is 1. The van der Waals surface area contributed by atoms with E-state index < -0.39 is 5.97 Å². The van der Waals surface area contributed by atoms with Crippen molar-refractivity contribution in [2.45, 2.75) is 0 Å². The Morgan fingerprint density at radius 1 is 1.21 bits per heavy atom. The Morgan fingerprint density at radius 2 is 2.00 bits per heavy atom. The van der Waals surface area contributed by atoms with Gasteiger partial charge in [0.25, 0.3) is 0 Å². The molecule has 0 radical (unpaired) electrons. The van der Waals surface area contributed by atoms with Crippen LogP contribution in [0.2, 0.25) is 5.02 Å². The van der Waals surface area contributed by atoms with Crippen LogP contribution in [0.4, 0.5) is 0 Å². The molecule has 0 saturated carbocycles. The minimum Gasteiger partial charge on any atom is -0.478 e. The summed E-state index contributed by atoms with van der Waals surface area (Å²) in [5.41, 5.74) is 2.30. The average Bonchev–Trinajstić information content (AvgIpc) is 2.81. The predicted octanol–water partition coefficient (Wildman–Crippen LogP) is 3.58. The molecule has 2 aromatic carbocycles. The van der Waals surface area contributed by atoms with Crippen molar-refractivity contribution in [3.63, 3.8) is 0 Å². The molecule has 1 aromatic heterocycles. The van der Waals surface area contributed by atoms with E-state index in [1.165, 1.54) is 0 Å².